The van der Waals surface area contributed by atoms with E-state index in [1.54, 1.807) is 12.4 Å². The lowest BCUT2D eigenvalue weighted by atomic mass is 10.2. The molecule has 7 heteroatoms. The van der Waals surface area contributed by atoms with Crippen LogP contribution in [-0.2, 0) is 0 Å². The predicted molar refractivity (Wildman–Crippen MR) is 103 cm³/mol. The van der Waals surface area contributed by atoms with Gasteiger partial charge in [-0.15, -0.1) is 0 Å². The molecule has 25 heavy (non-hydrogen) atoms. The van der Waals surface area contributed by atoms with Crippen molar-refractivity contribution in [1.82, 2.24) is 10.4 Å². The van der Waals surface area contributed by atoms with Gasteiger partial charge < -0.3 is 10.1 Å². The summed E-state index contributed by atoms with van der Waals surface area (Å²) in [5.41, 5.74) is 3.47. The van der Waals surface area contributed by atoms with Gasteiger partial charge in [-0.2, -0.15) is 0 Å². The molecule has 2 rings (SSSR count). The van der Waals surface area contributed by atoms with Gasteiger partial charge in [0, 0.05) is 29.6 Å². The van der Waals surface area contributed by atoms with Crippen LogP contribution in [0.4, 0.5) is 5.69 Å². The Kier molecular flexibility index (Phi) is 8.58. The van der Waals surface area contributed by atoms with Crippen molar-refractivity contribution in [1.29, 1.82) is 0 Å². The summed E-state index contributed by atoms with van der Waals surface area (Å²) in [7, 11) is 0. The van der Waals surface area contributed by atoms with Crippen LogP contribution in [0.3, 0.4) is 0 Å². The second-order valence-corrected chi connectivity index (χ2v) is 5.89. The van der Waals surface area contributed by atoms with Gasteiger partial charge in [-0.05, 0) is 55.7 Å². The highest BCUT2D eigenvalue weighted by Gasteiger charge is 1.98. The third-order valence-electron chi connectivity index (χ3n) is 3.48. The number of ether oxygens (including phenoxy) is 1. The average molecular weight is 362 g/mol. The molecule has 134 valence electrons. The Morgan fingerprint density at radius 1 is 1.04 bits per heavy atom. The van der Waals surface area contributed by atoms with Crippen molar-refractivity contribution in [2.75, 3.05) is 18.5 Å². The maximum Gasteiger partial charge on any atom is 0.210 e. The molecule has 1 aromatic carbocycles. The van der Waals surface area contributed by atoms with E-state index >= 15 is 0 Å². The second-order valence-electron chi connectivity index (χ2n) is 5.45. The number of aliphatic imine (C=N–C) groups is 1. The van der Waals surface area contributed by atoms with Gasteiger partial charge >= 0.3 is 0 Å². The van der Waals surface area contributed by atoms with Gasteiger partial charge in [-0.1, -0.05) is 18.0 Å². The third-order valence-corrected chi connectivity index (χ3v) is 3.74. The number of pyridine rings is 1. The SMILES string of the molecule is NNC(=NCCCCCCOc1ccc(Cl)cc1)Nc1ccncc1. The Balaban J connectivity index is 1.55. The van der Waals surface area contributed by atoms with E-state index in [1.807, 2.05) is 36.4 Å². The lowest BCUT2D eigenvalue weighted by Gasteiger charge is -2.09. The molecule has 0 aliphatic heterocycles. The van der Waals surface area contributed by atoms with Crippen LogP contribution in [0, 0.1) is 0 Å². The number of nitrogens with one attached hydrogen (secondary N) is 2. The molecule has 0 unspecified atom stereocenters. The first kappa shape index (κ1) is 19.0. The summed E-state index contributed by atoms with van der Waals surface area (Å²) < 4.78 is 5.66. The molecule has 0 fully saturated rings. The number of unbranched alkanes of at least 4 members (excludes halogenated alkanes) is 3. The molecule has 0 aliphatic rings. The minimum Gasteiger partial charge on any atom is -0.494 e. The maximum absolute atomic E-state index is 5.84. The van der Waals surface area contributed by atoms with E-state index in [0.717, 1.165) is 48.7 Å². The molecule has 1 heterocycles. The van der Waals surface area contributed by atoms with E-state index in [1.165, 1.54) is 0 Å². The largest absolute Gasteiger partial charge is 0.494 e. The van der Waals surface area contributed by atoms with Gasteiger partial charge in [0.15, 0.2) is 0 Å². The number of nitrogens with zero attached hydrogens (tertiary/aromatic N) is 2. The molecular weight excluding hydrogens is 338 g/mol. The van der Waals surface area contributed by atoms with Gasteiger partial charge in [0.2, 0.25) is 5.96 Å². The average Bonchev–Trinajstić information content (AvgIpc) is 2.65. The van der Waals surface area contributed by atoms with E-state index in [9.17, 15) is 0 Å². The fourth-order valence-corrected chi connectivity index (χ4v) is 2.30. The lowest BCUT2D eigenvalue weighted by molar-refractivity contribution is 0.305. The number of hydrogen-bond donors (Lipinski definition) is 3. The first-order valence-electron chi connectivity index (χ1n) is 8.34. The highest BCUT2D eigenvalue weighted by atomic mass is 35.5. The zero-order chi connectivity index (χ0) is 17.7. The first-order valence-corrected chi connectivity index (χ1v) is 8.72. The first-order chi connectivity index (χ1) is 12.3. The van der Waals surface area contributed by atoms with Crippen molar-refractivity contribution in [3.8, 4) is 5.75 Å². The molecule has 0 aliphatic carbocycles. The van der Waals surface area contributed by atoms with Crippen LogP contribution in [0.1, 0.15) is 25.7 Å². The summed E-state index contributed by atoms with van der Waals surface area (Å²) in [6, 6.07) is 11.1. The summed E-state index contributed by atoms with van der Waals surface area (Å²) in [6.07, 6.45) is 7.64. The van der Waals surface area contributed by atoms with Crippen LogP contribution in [0.5, 0.6) is 5.75 Å². The number of aromatic nitrogens is 1. The zero-order valence-electron chi connectivity index (χ0n) is 14.1. The smallest absolute Gasteiger partial charge is 0.210 e. The van der Waals surface area contributed by atoms with E-state index in [4.69, 9.17) is 22.2 Å². The minimum atomic E-state index is 0.553. The Morgan fingerprint density at radius 2 is 1.76 bits per heavy atom. The molecule has 1 aromatic heterocycles. The van der Waals surface area contributed by atoms with Crippen LogP contribution in [0.25, 0.3) is 0 Å². The Morgan fingerprint density at radius 3 is 2.48 bits per heavy atom. The number of benzene rings is 1. The normalized spacial score (nSPS) is 11.2. The second kappa shape index (κ2) is 11.3. The molecule has 0 saturated carbocycles. The van der Waals surface area contributed by atoms with Crippen molar-refractivity contribution in [3.05, 3.63) is 53.8 Å². The van der Waals surface area contributed by atoms with Crippen LogP contribution in [-0.4, -0.2) is 24.1 Å². The monoisotopic (exact) mass is 361 g/mol. The highest BCUT2D eigenvalue weighted by Crippen LogP contribution is 2.15. The molecule has 2 aromatic rings. The summed E-state index contributed by atoms with van der Waals surface area (Å²) in [4.78, 5) is 8.38. The van der Waals surface area contributed by atoms with E-state index in [-0.39, 0.29) is 0 Å². The Bertz CT molecular complexity index is 634. The van der Waals surface area contributed by atoms with Crippen LogP contribution in [0.15, 0.2) is 53.8 Å². The van der Waals surface area contributed by atoms with Gasteiger partial charge in [-0.25, -0.2) is 5.84 Å². The topological polar surface area (TPSA) is 84.6 Å². The van der Waals surface area contributed by atoms with Gasteiger partial charge in [-0.3, -0.25) is 15.4 Å². The number of guanidine groups is 1. The van der Waals surface area contributed by atoms with Crippen molar-refractivity contribution < 1.29 is 4.74 Å². The number of hydrazine groups is 1. The van der Waals surface area contributed by atoms with Crippen molar-refractivity contribution in [3.63, 3.8) is 0 Å². The fraction of sp³-hybridized carbons (Fsp3) is 0.333. The van der Waals surface area contributed by atoms with Crippen LogP contribution in [0.2, 0.25) is 5.02 Å². The number of anilines is 1. The fourth-order valence-electron chi connectivity index (χ4n) is 2.17. The van der Waals surface area contributed by atoms with E-state index in [0.29, 0.717) is 12.6 Å². The summed E-state index contributed by atoms with van der Waals surface area (Å²) in [5, 5.41) is 3.83. The van der Waals surface area contributed by atoms with Gasteiger partial charge in [0.25, 0.3) is 0 Å². The lowest BCUT2D eigenvalue weighted by Crippen LogP contribution is -2.36. The van der Waals surface area contributed by atoms with Gasteiger partial charge in [0.05, 0.1) is 6.61 Å². The molecule has 0 saturated heterocycles. The van der Waals surface area contributed by atoms with E-state index < -0.39 is 0 Å². The van der Waals surface area contributed by atoms with Crippen LogP contribution < -0.4 is 21.3 Å². The Hall–Kier alpha value is -2.31. The van der Waals surface area contributed by atoms with Gasteiger partial charge in [0.1, 0.15) is 5.75 Å². The Labute approximate surface area is 153 Å². The summed E-state index contributed by atoms with van der Waals surface area (Å²) in [5.74, 6) is 6.89. The van der Waals surface area contributed by atoms with Crippen molar-refractivity contribution in [2.45, 2.75) is 25.7 Å². The third kappa shape index (κ3) is 7.87. The van der Waals surface area contributed by atoms with Crippen molar-refractivity contribution in [2.24, 2.45) is 10.8 Å². The number of hydrogen-bond acceptors (Lipinski definition) is 4. The minimum absolute atomic E-state index is 0.553. The number of nitrogens with two attached hydrogens (primary N) is 1. The van der Waals surface area contributed by atoms with Crippen molar-refractivity contribution >= 4 is 23.2 Å². The molecule has 0 atom stereocenters. The number of rotatable bonds is 9. The molecule has 6 nitrogen and oxygen atoms in total. The van der Waals surface area contributed by atoms with E-state index in [2.05, 4.69) is 20.7 Å². The molecule has 0 spiro atoms. The molecule has 0 radical (unpaired) electrons. The zero-order valence-corrected chi connectivity index (χ0v) is 14.9. The quantitative estimate of drug-likeness (QED) is 0.209. The number of halogens is 1. The molecule has 0 amide bonds. The summed E-state index contributed by atoms with van der Waals surface area (Å²) in [6.45, 7) is 1.43. The highest BCUT2D eigenvalue weighted by molar-refractivity contribution is 6.30. The maximum atomic E-state index is 5.84. The standard InChI is InChI=1S/C18H24ClN5O/c19-15-5-7-17(8-6-15)25-14-4-2-1-3-11-22-18(24-20)23-16-9-12-21-13-10-16/h5-10,12-13H,1-4,11,14,20H2,(H2,21,22,23,24). The predicted octanol–water partition coefficient (Wildman–Crippen LogP) is 3.61. The molecular formula is C18H24ClN5O. The molecule has 0 bridgehead atoms. The molecule has 4 N–H and O–H groups in total. The van der Waals surface area contributed by atoms with Crippen LogP contribution >= 0.6 is 11.6 Å². The summed E-state index contributed by atoms with van der Waals surface area (Å²) >= 11 is 5.84.